The van der Waals surface area contributed by atoms with Crippen LogP contribution >= 0.6 is 0 Å². The minimum absolute atomic E-state index is 0.131. The summed E-state index contributed by atoms with van der Waals surface area (Å²) in [6.45, 7) is 5.14. The van der Waals surface area contributed by atoms with Crippen LogP contribution in [0.2, 0.25) is 0 Å². The third-order valence-corrected chi connectivity index (χ3v) is 8.08. The average molecular weight is 443 g/mol. The number of amides is 1. The average Bonchev–Trinajstić information content (AvgIpc) is 3.15. The van der Waals surface area contributed by atoms with Gasteiger partial charge in [0.05, 0.1) is 17.1 Å². The van der Waals surface area contributed by atoms with E-state index in [4.69, 9.17) is 4.74 Å². The Balaban J connectivity index is 1.39. The number of nitrogens with zero attached hydrogens (tertiary/aromatic N) is 4. The van der Waals surface area contributed by atoms with Gasteiger partial charge in [0.15, 0.2) is 0 Å². The predicted octanol–water partition coefficient (Wildman–Crippen LogP) is 2.16. The van der Waals surface area contributed by atoms with Crippen molar-refractivity contribution in [2.75, 3.05) is 24.5 Å². The Morgan fingerprint density at radius 1 is 1.00 bits per heavy atom. The Hall–Kier alpha value is -2.52. The van der Waals surface area contributed by atoms with Gasteiger partial charge in [0.25, 0.3) is 0 Å². The van der Waals surface area contributed by atoms with E-state index in [-0.39, 0.29) is 18.6 Å². The van der Waals surface area contributed by atoms with Crippen molar-refractivity contribution < 1.29 is 17.9 Å². The molecule has 9 heteroatoms. The fraction of sp³-hybridized carbons (Fsp3) is 0.500. The first kappa shape index (κ1) is 20.4. The van der Waals surface area contributed by atoms with E-state index in [2.05, 4.69) is 9.97 Å². The standard InChI is InChI=1S/C22H26N4O4S/c1-14-10-15(2)24-22(23-14)30-18-4-3-8-25(13-18)31(28,29)19-11-16-5-6-20(27)26-9-7-17(12-19)21(16)26/h10-12,18H,3-9,13H2,1-2H3. The van der Waals surface area contributed by atoms with E-state index in [1.165, 1.54) is 4.31 Å². The summed E-state index contributed by atoms with van der Waals surface area (Å²) in [6.07, 6.45) is 2.92. The number of piperidine rings is 1. The van der Waals surface area contributed by atoms with Gasteiger partial charge in [-0.25, -0.2) is 18.4 Å². The summed E-state index contributed by atoms with van der Waals surface area (Å²) < 4.78 is 34.4. The maximum atomic E-state index is 13.5. The van der Waals surface area contributed by atoms with Crippen molar-refractivity contribution in [3.63, 3.8) is 0 Å². The van der Waals surface area contributed by atoms with E-state index in [0.29, 0.717) is 43.3 Å². The molecule has 1 fully saturated rings. The minimum atomic E-state index is -3.66. The highest BCUT2D eigenvalue weighted by molar-refractivity contribution is 7.89. The highest BCUT2D eigenvalue weighted by Gasteiger charge is 2.36. The van der Waals surface area contributed by atoms with Crippen molar-refractivity contribution in [1.82, 2.24) is 14.3 Å². The molecule has 164 valence electrons. The SMILES string of the molecule is Cc1cc(C)nc(OC2CCCN(S(=O)(=O)c3cc4c5c(c3)CCN5C(=O)CC4)C2)n1. The number of hydrogen-bond acceptors (Lipinski definition) is 6. The summed E-state index contributed by atoms with van der Waals surface area (Å²) in [6, 6.07) is 5.69. The lowest BCUT2D eigenvalue weighted by atomic mass is 10.00. The number of anilines is 1. The molecule has 1 amide bonds. The van der Waals surface area contributed by atoms with Crippen LogP contribution < -0.4 is 9.64 Å². The van der Waals surface area contributed by atoms with Crippen LogP contribution in [0.25, 0.3) is 0 Å². The largest absolute Gasteiger partial charge is 0.459 e. The lowest BCUT2D eigenvalue weighted by Gasteiger charge is -2.32. The summed E-state index contributed by atoms with van der Waals surface area (Å²) in [5.41, 5.74) is 4.49. The number of hydrogen-bond donors (Lipinski definition) is 0. The molecule has 0 saturated carbocycles. The fourth-order valence-electron chi connectivity index (χ4n) is 4.84. The quantitative estimate of drug-likeness (QED) is 0.721. The summed E-state index contributed by atoms with van der Waals surface area (Å²) in [7, 11) is -3.66. The molecule has 1 aromatic carbocycles. The van der Waals surface area contributed by atoms with Crippen molar-refractivity contribution in [2.45, 2.75) is 57.0 Å². The van der Waals surface area contributed by atoms with Gasteiger partial charge in [-0.15, -0.1) is 0 Å². The third-order valence-electron chi connectivity index (χ3n) is 6.24. The number of rotatable bonds is 4. The molecule has 2 aromatic rings. The molecule has 31 heavy (non-hydrogen) atoms. The molecule has 3 aliphatic rings. The summed E-state index contributed by atoms with van der Waals surface area (Å²) in [5, 5.41) is 0. The van der Waals surface area contributed by atoms with Crippen LogP contribution in [-0.2, 0) is 27.7 Å². The van der Waals surface area contributed by atoms with Crippen molar-refractivity contribution >= 4 is 21.6 Å². The Bertz CT molecular complexity index is 1140. The number of carbonyl (C=O) groups is 1. The highest BCUT2D eigenvalue weighted by atomic mass is 32.2. The monoisotopic (exact) mass is 442 g/mol. The molecule has 1 aromatic heterocycles. The molecule has 3 aliphatic heterocycles. The molecule has 0 spiro atoms. The van der Waals surface area contributed by atoms with Gasteiger partial charge in [-0.3, -0.25) is 4.79 Å². The summed E-state index contributed by atoms with van der Waals surface area (Å²) >= 11 is 0. The van der Waals surface area contributed by atoms with Crippen LogP contribution in [0.15, 0.2) is 23.1 Å². The molecule has 1 atom stereocenters. The molecular formula is C22H26N4O4S. The van der Waals surface area contributed by atoms with Crippen molar-refractivity contribution in [3.05, 3.63) is 40.7 Å². The van der Waals surface area contributed by atoms with Gasteiger partial charge in [-0.1, -0.05) is 0 Å². The van der Waals surface area contributed by atoms with E-state index in [0.717, 1.165) is 41.0 Å². The summed E-state index contributed by atoms with van der Waals surface area (Å²) in [5.74, 6) is 0.131. The smallest absolute Gasteiger partial charge is 0.317 e. The molecule has 1 saturated heterocycles. The number of sulfonamides is 1. The minimum Gasteiger partial charge on any atom is -0.459 e. The maximum Gasteiger partial charge on any atom is 0.317 e. The van der Waals surface area contributed by atoms with E-state index in [1.54, 1.807) is 17.0 Å². The summed E-state index contributed by atoms with van der Waals surface area (Å²) in [4.78, 5) is 22.9. The van der Waals surface area contributed by atoms with Crippen molar-refractivity contribution in [3.8, 4) is 6.01 Å². The first-order valence-corrected chi connectivity index (χ1v) is 12.2. The van der Waals surface area contributed by atoms with Gasteiger partial charge in [-0.2, -0.15) is 4.31 Å². The van der Waals surface area contributed by atoms with Crippen molar-refractivity contribution in [1.29, 1.82) is 0 Å². The van der Waals surface area contributed by atoms with Crippen LogP contribution in [0.4, 0.5) is 5.69 Å². The molecule has 0 radical (unpaired) electrons. The predicted molar refractivity (Wildman–Crippen MR) is 115 cm³/mol. The second-order valence-corrected chi connectivity index (χ2v) is 10.5. The van der Waals surface area contributed by atoms with Gasteiger partial charge in [0.2, 0.25) is 15.9 Å². The number of benzene rings is 1. The van der Waals surface area contributed by atoms with Crippen LogP contribution in [0.1, 0.15) is 41.8 Å². The van der Waals surface area contributed by atoms with Crippen LogP contribution in [-0.4, -0.2) is 54.3 Å². The molecule has 1 unspecified atom stereocenters. The lowest BCUT2D eigenvalue weighted by Crippen LogP contribution is -2.44. The molecule has 5 rings (SSSR count). The molecular weight excluding hydrogens is 416 g/mol. The highest BCUT2D eigenvalue weighted by Crippen LogP contribution is 2.39. The lowest BCUT2D eigenvalue weighted by molar-refractivity contribution is -0.118. The van der Waals surface area contributed by atoms with Gasteiger partial charge < -0.3 is 9.64 Å². The van der Waals surface area contributed by atoms with E-state index in [1.807, 2.05) is 19.9 Å². The van der Waals surface area contributed by atoms with Crippen LogP contribution in [0, 0.1) is 13.8 Å². The van der Waals surface area contributed by atoms with Crippen LogP contribution in [0.3, 0.4) is 0 Å². The van der Waals surface area contributed by atoms with E-state index < -0.39 is 10.0 Å². The van der Waals surface area contributed by atoms with Crippen LogP contribution in [0.5, 0.6) is 6.01 Å². The van der Waals surface area contributed by atoms with Gasteiger partial charge in [0, 0.05) is 30.9 Å². The number of aromatic nitrogens is 2. The first-order chi connectivity index (χ1) is 14.8. The molecule has 8 nitrogen and oxygen atoms in total. The van der Waals surface area contributed by atoms with Gasteiger partial charge in [0.1, 0.15) is 6.10 Å². The zero-order chi connectivity index (χ0) is 21.8. The zero-order valence-corrected chi connectivity index (χ0v) is 18.6. The second-order valence-electron chi connectivity index (χ2n) is 8.56. The van der Waals surface area contributed by atoms with Gasteiger partial charge >= 0.3 is 6.01 Å². The number of aryl methyl sites for hydroxylation is 3. The molecule has 0 N–H and O–H groups in total. The van der Waals surface area contributed by atoms with E-state index >= 15 is 0 Å². The fourth-order valence-corrected chi connectivity index (χ4v) is 6.45. The molecule has 4 heterocycles. The third kappa shape index (κ3) is 3.70. The molecule has 0 bridgehead atoms. The Morgan fingerprint density at radius 3 is 2.45 bits per heavy atom. The zero-order valence-electron chi connectivity index (χ0n) is 17.8. The normalized spacial score (nSPS) is 21.3. The number of carbonyl (C=O) groups excluding carboxylic acids is 1. The Labute approximate surface area is 182 Å². The number of ether oxygens (including phenoxy) is 1. The molecule has 0 aliphatic carbocycles. The second kappa shape index (κ2) is 7.56. The Kier molecular flexibility index (Phi) is 4.97. The van der Waals surface area contributed by atoms with Gasteiger partial charge in [-0.05, 0) is 68.9 Å². The Morgan fingerprint density at radius 2 is 1.71 bits per heavy atom. The van der Waals surface area contributed by atoms with E-state index in [9.17, 15) is 13.2 Å². The maximum absolute atomic E-state index is 13.5. The van der Waals surface area contributed by atoms with Crippen molar-refractivity contribution in [2.24, 2.45) is 0 Å². The first-order valence-electron chi connectivity index (χ1n) is 10.8. The topological polar surface area (TPSA) is 92.7 Å².